The summed E-state index contributed by atoms with van der Waals surface area (Å²) in [6, 6.07) is 20.2. The first kappa shape index (κ1) is 26.0. The zero-order chi connectivity index (χ0) is 26.6. The van der Waals surface area contributed by atoms with E-state index in [2.05, 4.69) is 29.5 Å². The Bertz CT molecular complexity index is 1300. The summed E-state index contributed by atoms with van der Waals surface area (Å²) >= 11 is 0. The van der Waals surface area contributed by atoms with Crippen molar-refractivity contribution in [2.24, 2.45) is 5.84 Å². The van der Waals surface area contributed by atoms with Crippen LogP contribution in [-0.2, 0) is 10.3 Å². The first-order valence-corrected chi connectivity index (χ1v) is 12.4. The first-order valence-electron chi connectivity index (χ1n) is 12.4. The Kier molecular flexibility index (Phi) is 7.36. The highest BCUT2D eigenvalue weighted by molar-refractivity contribution is 5.85. The van der Waals surface area contributed by atoms with E-state index in [1.165, 1.54) is 0 Å². The van der Waals surface area contributed by atoms with Crippen molar-refractivity contribution in [2.75, 3.05) is 5.73 Å². The van der Waals surface area contributed by atoms with Gasteiger partial charge in [0.2, 0.25) is 0 Å². The van der Waals surface area contributed by atoms with Crippen LogP contribution in [0.5, 0.6) is 0 Å². The highest BCUT2D eigenvalue weighted by Crippen LogP contribution is 2.42. The number of hydrogen-bond acceptors (Lipinski definition) is 6. The third kappa shape index (κ3) is 6.01. The Morgan fingerprint density at radius 2 is 1.76 bits per heavy atom. The normalized spacial score (nSPS) is 14.6. The lowest BCUT2D eigenvalue weighted by atomic mass is 9.71. The maximum Gasteiger partial charge on any atom is 0.408 e. The molecule has 1 aromatic heterocycles. The van der Waals surface area contributed by atoms with Gasteiger partial charge in [0.25, 0.3) is 0 Å². The number of rotatable bonds is 7. The van der Waals surface area contributed by atoms with Gasteiger partial charge in [0.05, 0.1) is 22.6 Å². The number of carbonyl (C=O) groups is 1. The molecular formula is C30H35N5O2. The fraction of sp³-hybridized carbons (Fsp3) is 0.267. The molecule has 7 nitrogen and oxygen atoms in total. The van der Waals surface area contributed by atoms with E-state index in [1.54, 1.807) is 12.2 Å². The highest BCUT2D eigenvalue weighted by Gasteiger charge is 2.41. The van der Waals surface area contributed by atoms with E-state index >= 15 is 0 Å². The van der Waals surface area contributed by atoms with Gasteiger partial charge in [0.15, 0.2) is 0 Å². The molecule has 1 aliphatic rings. The lowest BCUT2D eigenvalue weighted by molar-refractivity contribution is 0.0377. The molecule has 7 heteroatoms. The second kappa shape index (κ2) is 10.5. The van der Waals surface area contributed by atoms with Gasteiger partial charge < -0.3 is 21.2 Å². The molecule has 1 aliphatic carbocycles. The maximum atomic E-state index is 12.6. The number of benzene rings is 2. The number of allylic oxidation sites excluding steroid dienone is 1. The molecule has 2 aromatic carbocycles. The number of amides is 1. The molecule has 37 heavy (non-hydrogen) atoms. The largest absolute Gasteiger partial charge is 0.444 e. The van der Waals surface area contributed by atoms with Crippen LogP contribution in [0.25, 0.3) is 28.5 Å². The highest BCUT2D eigenvalue weighted by atomic mass is 16.6. The number of pyridine rings is 1. The standard InChI is InChI=1S/C30H35N5O2/c1-20(35-32)11-16-26-25(31)19-24(21-9-6-5-7-10-21)27(33-26)22-12-14-23(15-13-22)30(17-8-18-30)34-28(36)37-29(2,3)4/h5-7,9-16,19,35H,1,8,17-18,31-32H2,2-4H3,(H,34,36)/b16-11-. The van der Waals surface area contributed by atoms with Crippen molar-refractivity contribution in [1.82, 2.24) is 15.7 Å². The third-order valence-electron chi connectivity index (χ3n) is 6.45. The van der Waals surface area contributed by atoms with Crippen LogP contribution in [0.4, 0.5) is 10.5 Å². The fourth-order valence-electron chi connectivity index (χ4n) is 4.42. The monoisotopic (exact) mass is 497 g/mol. The van der Waals surface area contributed by atoms with Gasteiger partial charge in [-0.3, -0.25) is 5.84 Å². The molecule has 0 aliphatic heterocycles. The van der Waals surface area contributed by atoms with Crippen molar-refractivity contribution in [3.05, 3.63) is 90.3 Å². The van der Waals surface area contributed by atoms with E-state index in [-0.39, 0.29) is 0 Å². The number of nitrogens with one attached hydrogen (secondary N) is 2. The number of alkyl carbamates (subject to hydrolysis) is 1. The van der Waals surface area contributed by atoms with Gasteiger partial charge in [0, 0.05) is 16.8 Å². The van der Waals surface area contributed by atoms with E-state index in [0.717, 1.165) is 47.2 Å². The lowest BCUT2D eigenvalue weighted by Gasteiger charge is -2.43. The van der Waals surface area contributed by atoms with Gasteiger partial charge in [0.1, 0.15) is 5.60 Å². The molecular weight excluding hydrogens is 462 g/mol. The molecule has 3 aromatic rings. The van der Waals surface area contributed by atoms with Crippen molar-refractivity contribution in [3.63, 3.8) is 0 Å². The Morgan fingerprint density at radius 3 is 2.32 bits per heavy atom. The van der Waals surface area contributed by atoms with Crippen molar-refractivity contribution in [3.8, 4) is 22.4 Å². The Labute approximate surface area is 218 Å². The third-order valence-corrected chi connectivity index (χ3v) is 6.45. The topological polar surface area (TPSA) is 115 Å². The molecule has 1 saturated carbocycles. The predicted molar refractivity (Wildman–Crippen MR) is 150 cm³/mol. The Hall–Kier alpha value is -4.10. The average Bonchev–Trinajstić information content (AvgIpc) is 2.84. The molecule has 6 N–H and O–H groups in total. The summed E-state index contributed by atoms with van der Waals surface area (Å²) in [7, 11) is 0. The summed E-state index contributed by atoms with van der Waals surface area (Å²) in [6.07, 6.45) is 5.92. The van der Waals surface area contributed by atoms with E-state index < -0.39 is 17.2 Å². The van der Waals surface area contributed by atoms with Crippen LogP contribution in [0.15, 0.2) is 79.0 Å². The van der Waals surface area contributed by atoms with Gasteiger partial charge in [-0.1, -0.05) is 61.2 Å². The molecule has 4 rings (SSSR count). The fourth-order valence-corrected chi connectivity index (χ4v) is 4.42. The van der Waals surface area contributed by atoms with Crippen molar-refractivity contribution in [1.29, 1.82) is 0 Å². The van der Waals surface area contributed by atoms with E-state index in [0.29, 0.717) is 17.1 Å². The molecule has 0 radical (unpaired) electrons. The molecule has 192 valence electrons. The summed E-state index contributed by atoms with van der Waals surface area (Å²) in [5, 5.41) is 3.12. The number of hydrogen-bond donors (Lipinski definition) is 4. The quantitative estimate of drug-likeness (QED) is 0.184. The zero-order valence-corrected chi connectivity index (χ0v) is 21.7. The lowest BCUT2D eigenvalue weighted by Crippen LogP contribution is -2.52. The predicted octanol–water partition coefficient (Wildman–Crippen LogP) is 5.89. The van der Waals surface area contributed by atoms with Crippen LogP contribution in [0.3, 0.4) is 0 Å². The molecule has 0 atom stereocenters. The first-order chi connectivity index (χ1) is 17.6. The number of aromatic nitrogens is 1. The van der Waals surface area contributed by atoms with Crippen LogP contribution in [0.1, 0.15) is 51.3 Å². The molecule has 0 bridgehead atoms. The van der Waals surface area contributed by atoms with E-state index in [4.69, 9.17) is 21.3 Å². The number of hydrazine groups is 1. The van der Waals surface area contributed by atoms with Gasteiger partial charge in [-0.15, -0.1) is 0 Å². The number of carbonyl (C=O) groups excluding carboxylic acids is 1. The summed E-state index contributed by atoms with van der Waals surface area (Å²) in [5.74, 6) is 5.43. The minimum atomic E-state index is -0.549. The van der Waals surface area contributed by atoms with Crippen LogP contribution < -0.4 is 22.3 Å². The van der Waals surface area contributed by atoms with Gasteiger partial charge in [-0.05, 0) is 69.4 Å². The van der Waals surface area contributed by atoms with Gasteiger partial charge in [-0.2, -0.15) is 0 Å². The number of anilines is 1. The number of ether oxygens (including phenoxy) is 1. The van der Waals surface area contributed by atoms with E-state index in [9.17, 15) is 4.79 Å². The second-order valence-corrected chi connectivity index (χ2v) is 10.4. The number of nitrogens with zero attached hydrogens (tertiary/aromatic N) is 1. The Morgan fingerprint density at radius 1 is 1.08 bits per heavy atom. The van der Waals surface area contributed by atoms with Crippen LogP contribution in [-0.4, -0.2) is 16.7 Å². The minimum absolute atomic E-state index is 0.396. The molecule has 0 saturated heterocycles. The van der Waals surface area contributed by atoms with Gasteiger partial charge >= 0.3 is 6.09 Å². The maximum absolute atomic E-state index is 12.6. The van der Waals surface area contributed by atoms with Gasteiger partial charge in [-0.25, -0.2) is 9.78 Å². The van der Waals surface area contributed by atoms with Crippen molar-refractivity contribution in [2.45, 2.75) is 51.2 Å². The summed E-state index contributed by atoms with van der Waals surface area (Å²) in [4.78, 5) is 17.5. The molecule has 1 heterocycles. The Balaban J connectivity index is 1.71. The van der Waals surface area contributed by atoms with Crippen LogP contribution >= 0.6 is 0 Å². The zero-order valence-electron chi connectivity index (χ0n) is 21.7. The second-order valence-electron chi connectivity index (χ2n) is 10.4. The van der Waals surface area contributed by atoms with Crippen LogP contribution in [0.2, 0.25) is 0 Å². The summed E-state index contributed by atoms with van der Waals surface area (Å²) in [5.41, 5.74) is 14.4. The van der Waals surface area contributed by atoms with Crippen molar-refractivity contribution < 1.29 is 9.53 Å². The van der Waals surface area contributed by atoms with Crippen LogP contribution in [0, 0.1) is 0 Å². The molecule has 1 fully saturated rings. The average molecular weight is 498 g/mol. The molecule has 0 unspecified atom stereocenters. The number of nitrogens with two attached hydrogens (primary N) is 2. The van der Waals surface area contributed by atoms with E-state index in [1.807, 2.05) is 69.3 Å². The minimum Gasteiger partial charge on any atom is -0.444 e. The summed E-state index contributed by atoms with van der Waals surface area (Å²) < 4.78 is 5.52. The smallest absolute Gasteiger partial charge is 0.408 e. The number of nitrogen functional groups attached to an aromatic ring is 1. The molecule has 0 spiro atoms. The van der Waals surface area contributed by atoms with Crippen molar-refractivity contribution >= 4 is 17.9 Å². The molecule has 1 amide bonds. The summed E-state index contributed by atoms with van der Waals surface area (Å²) in [6.45, 7) is 9.42. The SMILES string of the molecule is C=C(/C=C\c1nc(-c2ccc(C3(NC(=O)OC(C)(C)C)CCC3)cc2)c(-c2ccccc2)cc1N)NN.